The molecule has 0 aromatic heterocycles. The van der Waals surface area contributed by atoms with E-state index in [0.717, 1.165) is 10.0 Å². The molecule has 0 unspecified atom stereocenters. The molecule has 0 aliphatic carbocycles. The Morgan fingerprint density at radius 2 is 1.93 bits per heavy atom. The van der Waals surface area contributed by atoms with Crippen LogP contribution in [0.5, 0.6) is 17.2 Å². The van der Waals surface area contributed by atoms with Gasteiger partial charge < -0.3 is 14.2 Å². The summed E-state index contributed by atoms with van der Waals surface area (Å²) in [6.07, 6.45) is 1.79. The van der Waals surface area contributed by atoms with Gasteiger partial charge in [0.1, 0.15) is 5.75 Å². The predicted octanol–water partition coefficient (Wildman–Crippen LogP) is 5.27. The molecule has 2 aromatic carbocycles. The van der Waals surface area contributed by atoms with Gasteiger partial charge in [-0.1, -0.05) is 36.1 Å². The van der Waals surface area contributed by atoms with Gasteiger partial charge in [0, 0.05) is 0 Å². The number of benzene rings is 2. The third kappa shape index (κ3) is 4.04. The number of carbonyl (C=O) groups excluding carboxylic acids is 1. The molecule has 0 spiro atoms. The normalized spacial score (nSPS) is 15.3. The second kappa shape index (κ2) is 8.98. The van der Waals surface area contributed by atoms with E-state index in [-0.39, 0.29) is 5.91 Å². The summed E-state index contributed by atoms with van der Waals surface area (Å²) in [4.78, 5) is 15.0. The van der Waals surface area contributed by atoms with E-state index in [1.54, 1.807) is 26.4 Å². The third-order valence-electron chi connectivity index (χ3n) is 3.95. The van der Waals surface area contributed by atoms with Gasteiger partial charge in [-0.2, -0.15) is 0 Å². The van der Waals surface area contributed by atoms with Crippen LogP contribution in [0.2, 0.25) is 0 Å². The molecule has 0 saturated carbocycles. The molecule has 2 aromatic rings. The monoisotopic (exact) mass is 479 g/mol. The summed E-state index contributed by atoms with van der Waals surface area (Å²) in [6.45, 7) is 2.40. The zero-order valence-electron chi connectivity index (χ0n) is 15.5. The lowest BCUT2D eigenvalue weighted by atomic mass is 10.1. The van der Waals surface area contributed by atoms with E-state index in [1.165, 1.54) is 16.7 Å². The van der Waals surface area contributed by atoms with E-state index in [0.29, 0.717) is 38.8 Å². The van der Waals surface area contributed by atoms with Crippen molar-refractivity contribution >= 4 is 61.9 Å². The van der Waals surface area contributed by atoms with E-state index in [2.05, 4.69) is 15.9 Å². The van der Waals surface area contributed by atoms with E-state index < -0.39 is 0 Å². The van der Waals surface area contributed by atoms with Crippen molar-refractivity contribution in [1.29, 1.82) is 0 Å². The largest absolute Gasteiger partial charge is 0.495 e. The quantitative estimate of drug-likeness (QED) is 0.415. The number of thioether (sulfide) groups is 1. The molecule has 1 amide bonds. The SMILES string of the molecule is CCOc1cc(/C=C2/SC(=S)N(c3ccccc3OC)C2=O)cc(Br)c1OC. The second-order valence-corrected chi connectivity index (χ2v) is 8.19. The lowest BCUT2D eigenvalue weighted by Crippen LogP contribution is -2.27. The molecule has 0 atom stereocenters. The minimum Gasteiger partial charge on any atom is -0.495 e. The number of thiocarbonyl (C=S) groups is 1. The highest BCUT2D eigenvalue weighted by atomic mass is 79.9. The molecule has 1 fully saturated rings. The second-order valence-electron chi connectivity index (χ2n) is 5.66. The number of rotatable bonds is 6. The molecule has 0 N–H and O–H groups in total. The minimum atomic E-state index is -0.190. The first-order valence-electron chi connectivity index (χ1n) is 8.41. The van der Waals surface area contributed by atoms with Crippen LogP contribution in [0.1, 0.15) is 12.5 Å². The van der Waals surface area contributed by atoms with Gasteiger partial charge in [0.15, 0.2) is 15.8 Å². The van der Waals surface area contributed by atoms with Crippen LogP contribution in [0.25, 0.3) is 6.08 Å². The summed E-state index contributed by atoms with van der Waals surface area (Å²) in [5.41, 5.74) is 1.43. The maximum Gasteiger partial charge on any atom is 0.270 e. The Bertz CT molecular complexity index is 961. The van der Waals surface area contributed by atoms with Crippen molar-refractivity contribution in [1.82, 2.24) is 0 Å². The number of anilines is 1. The van der Waals surface area contributed by atoms with E-state index in [9.17, 15) is 4.79 Å². The molecule has 8 heteroatoms. The smallest absolute Gasteiger partial charge is 0.270 e. The van der Waals surface area contributed by atoms with Crippen molar-refractivity contribution in [3.63, 3.8) is 0 Å². The molecule has 5 nitrogen and oxygen atoms in total. The number of carbonyl (C=O) groups is 1. The summed E-state index contributed by atoms with van der Waals surface area (Å²) < 4.78 is 17.6. The van der Waals surface area contributed by atoms with Crippen LogP contribution in [0.4, 0.5) is 5.69 Å². The third-order valence-corrected chi connectivity index (χ3v) is 5.84. The molecule has 1 heterocycles. The van der Waals surface area contributed by atoms with Gasteiger partial charge >= 0.3 is 0 Å². The Morgan fingerprint density at radius 3 is 2.61 bits per heavy atom. The fraction of sp³-hybridized carbons (Fsp3) is 0.200. The lowest BCUT2D eigenvalue weighted by molar-refractivity contribution is -0.113. The first-order valence-corrected chi connectivity index (χ1v) is 10.4. The number of hydrogen-bond acceptors (Lipinski definition) is 6. The summed E-state index contributed by atoms with van der Waals surface area (Å²) in [5.74, 6) is 1.61. The molecule has 28 heavy (non-hydrogen) atoms. The van der Waals surface area contributed by atoms with Gasteiger partial charge in [-0.3, -0.25) is 9.69 Å². The van der Waals surface area contributed by atoms with Gasteiger partial charge in [0.05, 0.1) is 35.9 Å². The highest BCUT2D eigenvalue weighted by Crippen LogP contribution is 2.41. The molecule has 0 radical (unpaired) electrons. The molecular formula is C20H18BrNO4S2. The van der Waals surface area contributed by atoms with Gasteiger partial charge in [-0.05, 0) is 58.8 Å². The van der Waals surface area contributed by atoms with Crippen LogP contribution < -0.4 is 19.1 Å². The van der Waals surface area contributed by atoms with Crippen molar-refractivity contribution in [2.45, 2.75) is 6.92 Å². The van der Waals surface area contributed by atoms with Crippen molar-refractivity contribution in [2.75, 3.05) is 25.7 Å². The Kier molecular flexibility index (Phi) is 6.64. The van der Waals surface area contributed by atoms with E-state index in [4.69, 9.17) is 26.4 Å². The van der Waals surface area contributed by atoms with Crippen molar-refractivity contribution in [3.8, 4) is 17.2 Å². The van der Waals surface area contributed by atoms with Gasteiger partial charge in [0.25, 0.3) is 5.91 Å². The van der Waals surface area contributed by atoms with Gasteiger partial charge in [0.2, 0.25) is 0 Å². The van der Waals surface area contributed by atoms with Crippen LogP contribution in [0.15, 0.2) is 45.8 Å². The van der Waals surface area contributed by atoms with Gasteiger partial charge in [-0.15, -0.1) is 0 Å². The number of hydrogen-bond donors (Lipinski definition) is 0. The molecule has 0 bridgehead atoms. The number of methoxy groups -OCH3 is 2. The number of para-hydroxylation sites is 2. The number of amides is 1. The maximum absolute atomic E-state index is 13.0. The summed E-state index contributed by atoms with van der Waals surface area (Å²) in [5, 5.41) is 0. The Hall–Kier alpha value is -2.03. The number of ether oxygens (including phenoxy) is 3. The Balaban J connectivity index is 1.98. The van der Waals surface area contributed by atoms with Crippen LogP contribution >= 0.6 is 39.9 Å². The fourth-order valence-electron chi connectivity index (χ4n) is 2.77. The van der Waals surface area contributed by atoms with Crippen molar-refractivity contribution in [3.05, 3.63) is 51.3 Å². The standard InChI is InChI=1S/C20H18BrNO4S2/c1-4-26-16-10-12(9-13(21)18(16)25-3)11-17-19(23)22(20(27)28-17)14-7-5-6-8-15(14)24-2/h5-11H,4H2,1-3H3/b17-11+. The van der Waals surface area contributed by atoms with E-state index in [1.807, 2.05) is 37.3 Å². The topological polar surface area (TPSA) is 48.0 Å². The van der Waals surface area contributed by atoms with Gasteiger partial charge in [-0.25, -0.2) is 0 Å². The predicted molar refractivity (Wildman–Crippen MR) is 121 cm³/mol. The molecule has 146 valence electrons. The summed E-state index contributed by atoms with van der Waals surface area (Å²) in [7, 11) is 3.15. The first kappa shape index (κ1) is 20.7. The Labute approximate surface area is 181 Å². The number of halogens is 1. The molecule has 1 aliphatic rings. The first-order chi connectivity index (χ1) is 13.5. The molecule has 3 rings (SSSR count). The van der Waals surface area contributed by atoms with Crippen LogP contribution in [-0.4, -0.2) is 31.1 Å². The zero-order chi connectivity index (χ0) is 20.3. The average Bonchev–Trinajstić information content (AvgIpc) is 2.95. The van der Waals surface area contributed by atoms with Crippen LogP contribution in [0.3, 0.4) is 0 Å². The lowest BCUT2D eigenvalue weighted by Gasteiger charge is -2.17. The maximum atomic E-state index is 13.0. The minimum absolute atomic E-state index is 0.190. The summed E-state index contributed by atoms with van der Waals surface area (Å²) in [6, 6.07) is 11.0. The highest BCUT2D eigenvalue weighted by Gasteiger charge is 2.34. The van der Waals surface area contributed by atoms with Crippen molar-refractivity contribution in [2.24, 2.45) is 0 Å². The number of nitrogens with zero attached hydrogens (tertiary/aromatic N) is 1. The Morgan fingerprint density at radius 1 is 1.18 bits per heavy atom. The van der Waals surface area contributed by atoms with Crippen LogP contribution in [0, 0.1) is 0 Å². The average molecular weight is 480 g/mol. The van der Waals surface area contributed by atoms with Crippen LogP contribution in [-0.2, 0) is 4.79 Å². The molecular weight excluding hydrogens is 462 g/mol. The zero-order valence-corrected chi connectivity index (χ0v) is 18.7. The summed E-state index contributed by atoms with van der Waals surface area (Å²) >= 11 is 10.2. The highest BCUT2D eigenvalue weighted by molar-refractivity contribution is 9.10. The van der Waals surface area contributed by atoms with E-state index >= 15 is 0 Å². The molecule has 1 saturated heterocycles. The molecule has 1 aliphatic heterocycles. The fourth-order valence-corrected chi connectivity index (χ4v) is 4.68. The van der Waals surface area contributed by atoms with Crippen molar-refractivity contribution < 1.29 is 19.0 Å².